The maximum absolute atomic E-state index is 12.5. The van der Waals surface area contributed by atoms with E-state index in [0.29, 0.717) is 4.91 Å². The highest BCUT2D eigenvalue weighted by Gasteiger charge is 2.28. The van der Waals surface area contributed by atoms with Gasteiger partial charge < -0.3 is 14.5 Å². The molecule has 5 nitrogen and oxygen atoms in total. The lowest BCUT2D eigenvalue weighted by atomic mass is 10.1. The van der Waals surface area contributed by atoms with E-state index in [-0.39, 0.29) is 12.0 Å². The predicted octanol–water partition coefficient (Wildman–Crippen LogP) is 5.42. The van der Waals surface area contributed by atoms with Crippen molar-refractivity contribution < 1.29 is 9.53 Å². The number of fused-ring (bicyclic) bond motifs is 1. The normalized spacial score (nSPS) is 17.8. The lowest BCUT2D eigenvalue weighted by Gasteiger charge is -2.37. The summed E-state index contributed by atoms with van der Waals surface area (Å²) >= 11 is 1.47. The number of ether oxygens (including phenoxy) is 1. The average Bonchev–Trinajstić information content (AvgIpc) is 3.20. The molecule has 0 bridgehead atoms. The standard InChI is InChI=1S/C27H27N3O2S/c1-19(2)32-22-12-10-20(11-13-22)18-25-26(31)28-27(33-25)30-16-14-29(15-17-30)24-9-5-7-21-6-3-4-8-23(21)24/h3-13,18-19H,14-17H2,1-2H3. The van der Waals surface area contributed by atoms with E-state index in [0.717, 1.165) is 42.7 Å². The third-order valence-corrected chi connectivity index (χ3v) is 6.86. The minimum atomic E-state index is -0.158. The van der Waals surface area contributed by atoms with Crippen molar-refractivity contribution in [3.63, 3.8) is 0 Å². The molecule has 0 aromatic heterocycles. The zero-order valence-electron chi connectivity index (χ0n) is 18.9. The Morgan fingerprint density at radius 2 is 1.61 bits per heavy atom. The van der Waals surface area contributed by atoms with Crippen LogP contribution in [0.1, 0.15) is 19.4 Å². The van der Waals surface area contributed by atoms with Gasteiger partial charge in [-0.05, 0) is 60.8 Å². The summed E-state index contributed by atoms with van der Waals surface area (Å²) in [4.78, 5) is 22.2. The van der Waals surface area contributed by atoms with Crippen molar-refractivity contribution in [3.05, 3.63) is 77.2 Å². The maximum atomic E-state index is 12.5. The summed E-state index contributed by atoms with van der Waals surface area (Å²) in [7, 11) is 0. The summed E-state index contributed by atoms with van der Waals surface area (Å²) < 4.78 is 5.69. The molecular weight excluding hydrogens is 430 g/mol. The summed E-state index contributed by atoms with van der Waals surface area (Å²) in [6.07, 6.45) is 2.05. The minimum absolute atomic E-state index is 0.137. The van der Waals surface area contributed by atoms with Gasteiger partial charge in [0.1, 0.15) is 5.75 Å². The Kier molecular flexibility index (Phi) is 6.09. The first-order valence-electron chi connectivity index (χ1n) is 11.3. The molecule has 2 heterocycles. The van der Waals surface area contributed by atoms with Gasteiger partial charge in [-0.1, -0.05) is 48.5 Å². The molecule has 3 aromatic carbocycles. The van der Waals surface area contributed by atoms with Gasteiger partial charge in [-0.3, -0.25) is 4.79 Å². The zero-order chi connectivity index (χ0) is 22.8. The number of carbonyl (C=O) groups excluding carboxylic acids is 1. The maximum Gasteiger partial charge on any atom is 0.286 e. The van der Waals surface area contributed by atoms with Gasteiger partial charge in [0.2, 0.25) is 0 Å². The number of hydrogen-bond acceptors (Lipinski definition) is 5. The van der Waals surface area contributed by atoms with Crippen LogP contribution in [0.25, 0.3) is 16.8 Å². The van der Waals surface area contributed by atoms with Crippen LogP contribution in [-0.2, 0) is 4.79 Å². The van der Waals surface area contributed by atoms with Crippen LogP contribution in [0, 0.1) is 0 Å². The van der Waals surface area contributed by atoms with Crippen LogP contribution in [0.15, 0.2) is 76.6 Å². The quantitative estimate of drug-likeness (QED) is 0.490. The average molecular weight is 458 g/mol. The highest BCUT2D eigenvalue weighted by Crippen LogP contribution is 2.32. The van der Waals surface area contributed by atoms with Crippen molar-refractivity contribution in [2.45, 2.75) is 20.0 Å². The summed E-state index contributed by atoms with van der Waals surface area (Å²) in [6.45, 7) is 7.50. The van der Waals surface area contributed by atoms with E-state index >= 15 is 0 Å². The second kappa shape index (κ2) is 9.32. The van der Waals surface area contributed by atoms with Gasteiger partial charge in [-0.25, -0.2) is 0 Å². The number of anilines is 1. The van der Waals surface area contributed by atoms with E-state index < -0.39 is 0 Å². The fourth-order valence-corrected chi connectivity index (χ4v) is 5.19. The molecule has 33 heavy (non-hydrogen) atoms. The van der Waals surface area contributed by atoms with Crippen LogP contribution in [0.5, 0.6) is 5.75 Å². The first-order chi connectivity index (χ1) is 16.1. The highest BCUT2D eigenvalue weighted by molar-refractivity contribution is 8.18. The van der Waals surface area contributed by atoms with Crippen LogP contribution in [-0.4, -0.2) is 48.3 Å². The monoisotopic (exact) mass is 457 g/mol. The summed E-state index contributed by atoms with van der Waals surface area (Å²) in [5, 5.41) is 3.35. The van der Waals surface area contributed by atoms with E-state index in [1.165, 1.54) is 28.2 Å². The molecule has 0 unspecified atom stereocenters. The van der Waals surface area contributed by atoms with Gasteiger partial charge in [0.25, 0.3) is 5.91 Å². The van der Waals surface area contributed by atoms with Crippen LogP contribution in [0.2, 0.25) is 0 Å². The molecule has 1 amide bonds. The number of benzene rings is 3. The van der Waals surface area contributed by atoms with E-state index in [2.05, 4.69) is 57.3 Å². The number of amidine groups is 1. The first-order valence-corrected chi connectivity index (χ1v) is 12.2. The Labute approximate surface area is 198 Å². The van der Waals surface area contributed by atoms with Crippen molar-refractivity contribution in [2.24, 2.45) is 4.99 Å². The summed E-state index contributed by atoms with van der Waals surface area (Å²) in [5.41, 5.74) is 2.24. The predicted molar refractivity (Wildman–Crippen MR) is 138 cm³/mol. The summed E-state index contributed by atoms with van der Waals surface area (Å²) in [5.74, 6) is 0.674. The van der Waals surface area contributed by atoms with E-state index in [1.807, 2.05) is 44.2 Å². The molecule has 0 saturated carbocycles. The molecule has 1 fully saturated rings. The molecule has 2 aliphatic rings. The van der Waals surface area contributed by atoms with Crippen molar-refractivity contribution in [1.29, 1.82) is 0 Å². The van der Waals surface area contributed by atoms with Crippen molar-refractivity contribution in [2.75, 3.05) is 31.1 Å². The number of piperazine rings is 1. The fourth-order valence-electron chi connectivity index (χ4n) is 4.22. The Morgan fingerprint density at radius 3 is 2.36 bits per heavy atom. The molecule has 168 valence electrons. The smallest absolute Gasteiger partial charge is 0.286 e. The number of rotatable bonds is 4. The Bertz CT molecular complexity index is 1220. The van der Waals surface area contributed by atoms with Crippen molar-refractivity contribution >= 4 is 45.4 Å². The van der Waals surface area contributed by atoms with Crippen LogP contribution >= 0.6 is 11.8 Å². The SMILES string of the molecule is CC(C)Oc1ccc(C=C2SC(N3CCN(c4cccc5ccccc45)CC3)=NC2=O)cc1. The number of thioether (sulfide) groups is 1. The Morgan fingerprint density at radius 1 is 0.909 bits per heavy atom. The van der Waals surface area contributed by atoms with Crippen molar-refractivity contribution in [1.82, 2.24) is 4.90 Å². The Hall–Kier alpha value is -3.25. The number of aliphatic imine (C=N–C) groups is 1. The van der Waals surface area contributed by atoms with Crippen LogP contribution in [0.3, 0.4) is 0 Å². The fraction of sp³-hybridized carbons (Fsp3) is 0.259. The number of nitrogens with zero attached hydrogens (tertiary/aromatic N) is 3. The Balaban J connectivity index is 1.23. The highest BCUT2D eigenvalue weighted by atomic mass is 32.2. The first kappa shape index (κ1) is 21.6. The third kappa shape index (κ3) is 4.76. The van der Waals surface area contributed by atoms with E-state index in [9.17, 15) is 4.79 Å². The second-order valence-electron chi connectivity index (χ2n) is 8.52. The molecule has 1 saturated heterocycles. The van der Waals surface area contributed by atoms with Gasteiger partial charge in [0.15, 0.2) is 5.17 Å². The molecule has 2 aliphatic heterocycles. The van der Waals surface area contributed by atoms with E-state index in [1.54, 1.807) is 0 Å². The molecule has 5 rings (SSSR count). The van der Waals surface area contributed by atoms with Gasteiger partial charge in [-0.15, -0.1) is 0 Å². The van der Waals surface area contributed by atoms with Crippen LogP contribution < -0.4 is 9.64 Å². The van der Waals surface area contributed by atoms with Crippen LogP contribution in [0.4, 0.5) is 5.69 Å². The van der Waals surface area contributed by atoms with Gasteiger partial charge in [0, 0.05) is 37.3 Å². The minimum Gasteiger partial charge on any atom is -0.491 e. The lowest BCUT2D eigenvalue weighted by Crippen LogP contribution is -2.47. The molecule has 6 heteroatoms. The topological polar surface area (TPSA) is 45.1 Å². The van der Waals surface area contributed by atoms with Gasteiger partial charge in [-0.2, -0.15) is 4.99 Å². The zero-order valence-corrected chi connectivity index (χ0v) is 19.7. The third-order valence-electron chi connectivity index (χ3n) is 5.82. The number of carbonyl (C=O) groups is 1. The molecule has 0 atom stereocenters. The van der Waals surface area contributed by atoms with Gasteiger partial charge >= 0.3 is 0 Å². The number of hydrogen-bond donors (Lipinski definition) is 0. The van der Waals surface area contributed by atoms with Gasteiger partial charge in [0.05, 0.1) is 11.0 Å². The second-order valence-corrected chi connectivity index (χ2v) is 9.53. The molecule has 0 radical (unpaired) electrons. The molecule has 0 N–H and O–H groups in total. The molecule has 0 spiro atoms. The number of amides is 1. The lowest BCUT2D eigenvalue weighted by molar-refractivity contribution is -0.113. The van der Waals surface area contributed by atoms with Crippen molar-refractivity contribution in [3.8, 4) is 5.75 Å². The molecule has 3 aromatic rings. The summed E-state index contributed by atoms with van der Waals surface area (Å²) in [6, 6.07) is 22.8. The largest absolute Gasteiger partial charge is 0.491 e. The molecule has 0 aliphatic carbocycles. The van der Waals surface area contributed by atoms with E-state index in [4.69, 9.17) is 4.74 Å². The molecular formula is C27H27N3O2S.